The van der Waals surface area contributed by atoms with Crippen LogP contribution in [0.15, 0.2) is 109 Å². The van der Waals surface area contributed by atoms with Gasteiger partial charge in [0.1, 0.15) is 36.4 Å². The molecule has 12 heteroatoms. The Morgan fingerprint density at radius 2 is 1.47 bits per heavy atom. The number of ether oxygens (including phenoxy) is 3. The Bertz CT molecular complexity index is 2340. The summed E-state index contributed by atoms with van der Waals surface area (Å²) in [5.41, 5.74) is 6.03. The number of aromatic hydroxyl groups is 1. The van der Waals surface area contributed by atoms with Crippen LogP contribution < -0.4 is 19.1 Å². The van der Waals surface area contributed by atoms with Crippen LogP contribution in [0.1, 0.15) is 55.2 Å². The highest BCUT2D eigenvalue weighted by atomic mass is 19.4. The molecule has 1 saturated carbocycles. The average Bonchev–Trinajstić information content (AvgIpc) is 3.59. The Morgan fingerprint density at radius 1 is 0.783 bits per heavy atom. The fourth-order valence-corrected chi connectivity index (χ4v) is 8.58. The quantitative estimate of drug-likeness (QED) is 0.116. The maximum Gasteiger partial charge on any atom is 0.404 e. The zero-order chi connectivity index (χ0) is 41.6. The van der Waals surface area contributed by atoms with E-state index in [1.54, 1.807) is 17.0 Å². The van der Waals surface area contributed by atoms with Crippen LogP contribution >= 0.6 is 0 Å². The number of benzene rings is 4. The summed E-state index contributed by atoms with van der Waals surface area (Å²) in [5.74, 6) is 1.96. The summed E-state index contributed by atoms with van der Waals surface area (Å²) in [6.07, 6.45) is -0.373. The van der Waals surface area contributed by atoms with E-state index >= 15 is 0 Å². The number of nitrogens with zero attached hydrogens (tertiary/aromatic N) is 5. The number of anilines is 1. The highest BCUT2D eigenvalue weighted by Gasteiger charge is 2.44. The number of pyridine rings is 1. The Hall–Kier alpha value is -5.75. The monoisotopic (exact) mass is 819 g/mol. The van der Waals surface area contributed by atoms with Crippen molar-refractivity contribution in [1.82, 2.24) is 19.7 Å². The van der Waals surface area contributed by atoms with Crippen molar-refractivity contribution in [2.45, 2.75) is 77.0 Å². The summed E-state index contributed by atoms with van der Waals surface area (Å²) in [6.45, 7) is 4.15. The number of aromatic nitrogens is 3. The number of fused-ring (bicyclic) bond motifs is 1. The van der Waals surface area contributed by atoms with Gasteiger partial charge < -0.3 is 24.2 Å². The van der Waals surface area contributed by atoms with Gasteiger partial charge in [-0.15, -0.1) is 0 Å². The molecule has 0 unspecified atom stereocenters. The second-order valence-corrected chi connectivity index (χ2v) is 16.0. The van der Waals surface area contributed by atoms with Crippen molar-refractivity contribution in [3.05, 3.63) is 126 Å². The number of phenols is 1. The fourth-order valence-electron chi connectivity index (χ4n) is 8.58. The van der Waals surface area contributed by atoms with Crippen LogP contribution in [0.3, 0.4) is 0 Å². The number of alkyl halides is 3. The van der Waals surface area contributed by atoms with Gasteiger partial charge in [0.15, 0.2) is 0 Å². The first kappa shape index (κ1) is 41.0. The third kappa shape index (κ3) is 9.65. The first-order valence-corrected chi connectivity index (χ1v) is 20.9. The van der Waals surface area contributed by atoms with Crippen molar-refractivity contribution in [2.24, 2.45) is 13.0 Å². The number of hydrogen-bond donors (Lipinski definition) is 1. The zero-order valence-corrected chi connectivity index (χ0v) is 34.2. The summed E-state index contributed by atoms with van der Waals surface area (Å²) >= 11 is 0. The van der Waals surface area contributed by atoms with E-state index in [4.69, 9.17) is 24.3 Å². The lowest BCUT2D eigenvalue weighted by Crippen LogP contribution is -2.55. The number of rotatable bonds is 14. The third-order valence-corrected chi connectivity index (χ3v) is 12.1. The average molecular weight is 820 g/mol. The molecular formula is C48H52F3N5O4. The number of phenolic OH excluding ortho intramolecular Hbond substituents is 1. The first-order valence-electron chi connectivity index (χ1n) is 20.9. The van der Waals surface area contributed by atoms with Crippen LogP contribution in [0.2, 0.25) is 0 Å². The van der Waals surface area contributed by atoms with Gasteiger partial charge in [-0.25, -0.2) is 0 Å². The SMILES string of the molecule is Cc1c(O)cccc1OC1CCC(CC[C@@H](N2CCN(c3ccc4c(-c5ccc(OCc6ccccc6)nc5OCc5ccccc5)nn(C)c4c3)CC2)C(F)(F)F)CC1. The minimum atomic E-state index is -4.30. The lowest BCUT2D eigenvalue weighted by Gasteiger charge is -2.41. The fraction of sp³-hybridized carbons (Fsp3) is 0.375. The minimum Gasteiger partial charge on any atom is -0.508 e. The van der Waals surface area contributed by atoms with Crippen molar-refractivity contribution in [1.29, 1.82) is 0 Å². The van der Waals surface area contributed by atoms with E-state index in [2.05, 4.69) is 11.0 Å². The maximum atomic E-state index is 14.6. The van der Waals surface area contributed by atoms with Crippen molar-refractivity contribution in [3.8, 4) is 34.5 Å². The molecule has 3 heterocycles. The molecule has 2 aliphatic rings. The van der Waals surface area contributed by atoms with Crippen molar-refractivity contribution >= 4 is 16.6 Å². The predicted octanol–water partition coefficient (Wildman–Crippen LogP) is 10.3. The van der Waals surface area contributed by atoms with Gasteiger partial charge in [-0.1, -0.05) is 66.7 Å². The molecule has 314 valence electrons. The van der Waals surface area contributed by atoms with Crippen LogP contribution in [0.4, 0.5) is 18.9 Å². The van der Waals surface area contributed by atoms with E-state index in [-0.39, 0.29) is 24.2 Å². The largest absolute Gasteiger partial charge is 0.508 e. The summed E-state index contributed by atoms with van der Waals surface area (Å²) in [5, 5.41) is 15.9. The summed E-state index contributed by atoms with van der Waals surface area (Å²) in [6, 6.07) is 33.5. The lowest BCUT2D eigenvalue weighted by molar-refractivity contribution is -0.187. The van der Waals surface area contributed by atoms with Crippen LogP contribution in [-0.4, -0.2) is 69.3 Å². The molecule has 1 saturated heterocycles. The summed E-state index contributed by atoms with van der Waals surface area (Å²) in [4.78, 5) is 8.59. The van der Waals surface area contributed by atoms with Crippen LogP contribution in [0.5, 0.6) is 23.3 Å². The van der Waals surface area contributed by atoms with Gasteiger partial charge in [-0.05, 0) is 98.9 Å². The molecule has 0 radical (unpaired) electrons. The van der Waals surface area contributed by atoms with Crippen molar-refractivity contribution in [3.63, 3.8) is 0 Å². The summed E-state index contributed by atoms with van der Waals surface area (Å²) < 4.78 is 64.2. The second-order valence-electron chi connectivity index (χ2n) is 16.0. The number of halogens is 3. The molecule has 1 N–H and O–H groups in total. The smallest absolute Gasteiger partial charge is 0.404 e. The lowest BCUT2D eigenvalue weighted by atomic mass is 9.83. The highest BCUT2D eigenvalue weighted by Crippen LogP contribution is 2.39. The van der Waals surface area contributed by atoms with Crippen LogP contribution in [0, 0.1) is 12.8 Å². The van der Waals surface area contributed by atoms with E-state index in [1.165, 1.54) is 0 Å². The van der Waals surface area contributed by atoms with Gasteiger partial charge >= 0.3 is 6.18 Å². The molecule has 0 spiro atoms. The van der Waals surface area contributed by atoms with Gasteiger partial charge in [0.25, 0.3) is 0 Å². The molecule has 2 fully saturated rings. The topological polar surface area (TPSA) is 85.1 Å². The third-order valence-electron chi connectivity index (χ3n) is 12.1. The zero-order valence-electron chi connectivity index (χ0n) is 34.2. The number of piperazine rings is 1. The molecule has 9 nitrogen and oxygen atoms in total. The highest BCUT2D eigenvalue weighted by molar-refractivity contribution is 5.96. The molecule has 0 amide bonds. The maximum absolute atomic E-state index is 14.6. The molecule has 4 aromatic carbocycles. The Labute approximate surface area is 349 Å². The molecule has 1 atom stereocenters. The molecule has 1 aliphatic carbocycles. The minimum absolute atomic E-state index is 0.0100. The Morgan fingerprint density at radius 3 is 2.15 bits per heavy atom. The molecule has 6 aromatic rings. The van der Waals surface area contributed by atoms with E-state index in [9.17, 15) is 18.3 Å². The normalized spacial score (nSPS) is 18.1. The standard InChI is InChI=1S/C48H52F3N5O4/c1-33-42(57)14-9-15-43(33)60-38-20-16-34(17-21-38)18-24-44(48(49,50)51)56-28-26-55(27-29-56)37-19-22-39-41(30-37)54(2)53-46(39)40-23-25-45(58-31-35-10-5-3-6-11-35)52-47(40)59-32-36-12-7-4-8-13-36/h3-15,19,22-23,25,30,34,38,44,57H,16-18,20-21,24,26-29,31-32H2,1-2H3/t34?,38?,44-/m1/s1. The van der Waals surface area contributed by atoms with E-state index in [0.717, 1.165) is 64.7 Å². The van der Waals surface area contributed by atoms with Gasteiger partial charge in [0, 0.05) is 55.9 Å². The number of aryl methyl sites for hydroxylation is 1. The van der Waals surface area contributed by atoms with Crippen molar-refractivity contribution in [2.75, 3.05) is 31.1 Å². The first-order chi connectivity index (χ1) is 29.1. The summed E-state index contributed by atoms with van der Waals surface area (Å²) in [7, 11) is 1.89. The second kappa shape index (κ2) is 18.3. The molecule has 2 aromatic heterocycles. The number of hydrogen-bond acceptors (Lipinski definition) is 8. The Kier molecular flexibility index (Phi) is 12.5. The van der Waals surface area contributed by atoms with E-state index in [0.29, 0.717) is 68.9 Å². The predicted molar refractivity (Wildman–Crippen MR) is 228 cm³/mol. The molecule has 0 bridgehead atoms. The van der Waals surface area contributed by atoms with Crippen LogP contribution in [-0.2, 0) is 20.3 Å². The molecule has 1 aliphatic heterocycles. The van der Waals surface area contributed by atoms with Gasteiger partial charge in [-0.2, -0.15) is 23.3 Å². The van der Waals surface area contributed by atoms with Gasteiger partial charge in [0.05, 0.1) is 17.2 Å². The van der Waals surface area contributed by atoms with Crippen molar-refractivity contribution < 1.29 is 32.5 Å². The Balaban J connectivity index is 0.912. The van der Waals surface area contributed by atoms with Gasteiger partial charge in [0.2, 0.25) is 11.8 Å². The molecular weight excluding hydrogens is 768 g/mol. The van der Waals surface area contributed by atoms with Crippen LogP contribution in [0.25, 0.3) is 22.2 Å². The van der Waals surface area contributed by atoms with E-state index < -0.39 is 12.2 Å². The molecule has 60 heavy (non-hydrogen) atoms. The molecule has 8 rings (SSSR count). The van der Waals surface area contributed by atoms with E-state index in [1.807, 2.05) is 110 Å². The van der Waals surface area contributed by atoms with Gasteiger partial charge in [-0.3, -0.25) is 9.58 Å².